The van der Waals surface area contributed by atoms with E-state index in [9.17, 15) is 0 Å². The van der Waals surface area contributed by atoms with Gasteiger partial charge in [-0.15, -0.1) is 12.3 Å². The molecular weight excluding hydrogens is 457 g/mol. The maximum absolute atomic E-state index is 7.21. The third-order valence-electron chi connectivity index (χ3n) is 9.05. The fourth-order valence-electron chi connectivity index (χ4n) is 7.46. The molecule has 5 atom stereocenters. The maximum Gasteiger partial charge on any atom is 0.105 e. The highest BCUT2D eigenvalue weighted by Gasteiger charge is 2.65. The molecule has 3 nitrogen and oxygen atoms in total. The second-order valence-corrected chi connectivity index (χ2v) is 19.7. The molecule has 1 aromatic rings. The zero-order valence-corrected chi connectivity index (χ0v) is 25.0. The van der Waals surface area contributed by atoms with Gasteiger partial charge in [-0.3, -0.25) is 0 Å². The van der Waals surface area contributed by atoms with Gasteiger partial charge in [0, 0.05) is 25.7 Å². The molecular formula is C27H46O3Si3. The van der Waals surface area contributed by atoms with Crippen LogP contribution >= 0.6 is 0 Å². The molecule has 3 heterocycles. The van der Waals surface area contributed by atoms with Crippen molar-refractivity contribution in [2.75, 3.05) is 19.8 Å². The molecule has 184 valence electrons. The van der Waals surface area contributed by atoms with Crippen molar-refractivity contribution in [2.24, 2.45) is 5.92 Å². The Bertz CT molecular complexity index is 751. The Labute approximate surface area is 207 Å². The lowest BCUT2D eigenvalue weighted by Crippen LogP contribution is -2.76. The molecule has 3 aliphatic heterocycles. The number of ether oxygens (including phenoxy) is 3. The fraction of sp³-hybridized carbons (Fsp3) is 0.704. The molecule has 0 radical (unpaired) electrons. The molecule has 1 aromatic carbocycles. The van der Waals surface area contributed by atoms with E-state index in [0.717, 1.165) is 19.8 Å². The first-order chi connectivity index (χ1) is 16.0. The minimum absolute atomic E-state index is 0.0427. The summed E-state index contributed by atoms with van der Waals surface area (Å²) in [4.78, 5) is 0. The normalized spacial score (nSPS) is 35.5. The highest BCUT2D eigenvalue weighted by Crippen LogP contribution is 2.53. The van der Waals surface area contributed by atoms with Crippen molar-refractivity contribution < 1.29 is 14.2 Å². The second kappa shape index (κ2) is 11.0. The Morgan fingerprint density at radius 2 is 1.39 bits per heavy atom. The number of hydrogen-bond acceptors (Lipinski definition) is 3. The van der Waals surface area contributed by atoms with Gasteiger partial charge in [0.25, 0.3) is 0 Å². The summed E-state index contributed by atoms with van der Waals surface area (Å²) in [5.74, 6) is 0.344. The van der Waals surface area contributed by atoms with E-state index in [-0.39, 0.29) is 15.7 Å². The van der Waals surface area contributed by atoms with Gasteiger partial charge in [0.1, 0.15) is 8.80 Å². The standard InChI is InChI=1S/C27H46O3Si3/c1-5-31-25(17-9-12-20-28-25)24(26(32(2)3)18-10-13-21-29-26)27(19-11-14-22-30-27)33(4)23-15-7-6-8-16-23/h5-8,15-16,24,32-33H,1,9-14,17-22,31H2,2-4H3. The topological polar surface area (TPSA) is 27.7 Å². The Balaban J connectivity index is 1.93. The summed E-state index contributed by atoms with van der Waals surface area (Å²) in [7, 11) is -3.37. The van der Waals surface area contributed by atoms with Crippen LogP contribution in [0.25, 0.3) is 0 Å². The van der Waals surface area contributed by atoms with Crippen LogP contribution in [0.4, 0.5) is 0 Å². The minimum Gasteiger partial charge on any atom is -0.378 e. The van der Waals surface area contributed by atoms with E-state index in [1.165, 1.54) is 63.0 Å². The van der Waals surface area contributed by atoms with Crippen LogP contribution < -0.4 is 5.19 Å². The van der Waals surface area contributed by atoms with E-state index in [2.05, 4.69) is 62.3 Å². The van der Waals surface area contributed by atoms with Crippen LogP contribution in [0.15, 0.2) is 42.6 Å². The van der Waals surface area contributed by atoms with E-state index in [1.54, 1.807) is 0 Å². The monoisotopic (exact) mass is 502 g/mol. The van der Waals surface area contributed by atoms with Crippen LogP contribution in [0.5, 0.6) is 0 Å². The van der Waals surface area contributed by atoms with Gasteiger partial charge in [-0.25, -0.2) is 0 Å². The summed E-state index contributed by atoms with van der Waals surface area (Å²) in [6.07, 6.45) is 10.9. The van der Waals surface area contributed by atoms with E-state index in [1.807, 2.05) is 0 Å². The lowest BCUT2D eigenvalue weighted by atomic mass is 9.78. The van der Waals surface area contributed by atoms with Gasteiger partial charge in [0.2, 0.25) is 0 Å². The van der Waals surface area contributed by atoms with Crippen molar-refractivity contribution >= 4 is 32.3 Å². The Morgan fingerprint density at radius 1 is 0.818 bits per heavy atom. The third-order valence-corrected chi connectivity index (χ3v) is 17.4. The zero-order chi connectivity index (χ0) is 23.4. The first-order valence-corrected chi connectivity index (χ1v) is 20.3. The van der Waals surface area contributed by atoms with E-state index < -0.39 is 27.1 Å². The van der Waals surface area contributed by atoms with Crippen molar-refractivity contribution in [2.45, 2.75) is 93.1 Å². The van der Waals surface area contributed by atoms with Crippen molar-refractivity contribution in [3.8, 4) is 0 Å². The SMILES string of the molecule is C=C[SiH2]C1(C(C2([SiH](C)C)CCCCO2)C2([SiH](C)c3ccccc3)CCCCO2)CCCCO1. The summed E-state index contributed by atoms with van der Waals surface area (Å²) in [5, 5.41) is 1.30. The van der Waals surface area contributed by atoms with Gasteiger partial charge in [-0.2, -0.15) is 0 Å². The summed E-state index contributed by atoms with van der Waals surface area (Å²) in [6.45, 7) is 14.6. The van der Waals surface area contributed by atoms with E-state index >= 15 is 0 Å². The molecule has 3 saturated heterocycles. The third kappa shape index (κ3) is 4.81. The van der Waals surface area contributed by atoms with Crippen LogP contribution in [-0.2, 0) is 14.2 Å². The van der Waals surface area contributed by atoms with Crippen molar-refractivity contribution in [3.63, 3.8) is 0 Å². The molecule has 0 N–H and O–H groups in total. The van der Waals surface area contributed by atoms with Gasteiger partial charge in [-0.05, 0) is 57.8 Å². The Hall–Kier alpha value is -0.509. The Morgan fingerprint density at radius 3 is 1.88 bits per heavy atom. The van der Waals surface area contributed by atoms with Crippen LogP contribution in [0.3, 0.4) is 0 Å². The first kappa shape index (κ1) is 25.6. The summed E-state index contributed by atoms with van der Waals surface area (Å²) in [5.41, 5.74) is 2.27. The van der Waals surface area contributed by atoms with E-state index in [0.29, 0.717) is 5.92 Å². The average molecular weight is 503 g/mol. The fourth-order valence-corrected chi connectivity index (χ4v) is 16.2. The van der Waals surface area contributed by atoms with Crippen LogP contribution in [-0.4, -0.2) is 62.6 Å². The van der Waals surface area contributed by atoms with E-state index in [4.69, 9.17) is 14.2 Å². The average Bonchev–Trinajstić information content (AvgIpc) is 2.86. The second-order valence-electron chi connectivity index (χ2n) is 11.1. The van der Waals surface area contributed by atoms with Gasteiger partial charge in [0.15, 0.2) is 0 Å². The van der Waals surface area contributed by atoms with Crippen molar-refractivity contribution in [1.82, 2.24) is 0 Å². The molecule has 5 unspecified atom stereocenters. The van der Waals surface area contributed by atoms with Gasteiger partial charge >= 0.3 is 0 Å². The molecule has 33 heavy (non-hydrogen) atoms. The molecule has 4 rings (SSSR count). The molecule has 0 aliphatic carbocycles. The quantitative estimate of drug-likeness (QED) is 0.503. The van der Waals surface area contributed by atoms with Gasteiger partial charge in [-0.1, -0.05) is 55.2 Å². The summed E-state index contributed by atoms with van der Waals surface area (Å²) >= 11 is 0. The molecule has 0 saturated carbocycles. The lowest BCUT2D eigenvalue weighted by molar-refractivity contribution is -0.206. The number of rotatable bonds is 8. The molecule has 3 fully saturated rings. The smallest absolute Gasteiger partial charge is 0.105 e. The lowest BCUT2D eigenvalue weighted by Gasteiger charge is -2.63. The molecule has 0 bridgehead atoms. The van der Waals surface area contributed by atoms with Crippen LogP contribution in [0.1, 0.15) is 57.8 Å². The van der Waals surface area contributed by atoms with Crippen LogP contribution in [0.2, 0.25) is 19.6 Å². The highest BCUT2D eigenvalue weighted by molar-refractivity contribution is 6.75. The predicted octanol–water partition coefficient (Wildman–Crippen LogP) is 4.02. The predicted molar refractivity (Wildman–Crippen MR) is 148 cm³/mol. The highest BCUT2D eigenvalue weighted by atomic mass is 28.3. The molecule has 6 heteroatoms. The molecule has 3 aliphatic rings. The number of hydrogen-bond donors (Lipinski definition) is 0. The van der Waals surface area contributed by atoms with Crippen LogP contribution in [0, 0.1) is 5.92 Å². The Kier molecular flexibility index (Phi) is 8.56. The summed E-state index contributed by atoms with van der Waals surface area (Å²) < 4.78 is 21.3. The molecule has 0 spiro atoms. The number of benzene rings is 1. The van der Waals surface area contributed by atoms with Crippen molar-refractivity contribution in [3.05, 3.63) is 42.6 Å². The first-order valence-electron chi connectivity index (χ1n) is 13.6. The largest absolute Gasteiger partial charge is 0.378 e. The van der Waals surface area contributed by atoms with Gasteiger partial charge < -0.3 is 14.2 Å². The maximum atomic E-state index is 7.21. The molecule has 0 aromatic heterocycles. The minimum atomic E-state index is -1.50. The summed E-state index contributed by atoms with van der Waals surface area (Å²) in [6, 6.07) is 11.3. The van der Waals surface area contributed by atoms with Crippen molar-refractivity contribution in [1.29, 1.82) is 0 Å². The van der Waals surface area contributed by atoms with Gasteiger partial charge in [0.05, 0.1) is 34.0 Å². The zero-order valence-electron chi connectivity index (χ0n) is 21.3. The molecule has 0 amide bonds.